The lowest BCUT2D eigenvalue weighted by Gasteiger charge is -2.32. The minimum Gasteiger partial charge on any atom is -0.386 e. The number of aliphatic hydroxyl groups excluding tert-OH is 1. The average molecular weight is 158 g/mol. The van der Waals surface area contributed by atoms with Gasteiger partial charge >= 0.3 is 0 Å². The van der Waals surface area contributed by atoms with Crippen molar-refractivity contribution in [2.24, 2.45) is 0 Å². The van der Waals surface area contributed by atoms with E-state index in [1.54, 1.807) is 14.0 Å². The maximum atomic E-state index is 9.38. The fourth-order valence-corrected chi connectivity index (χ4v) is 1.17. The van der Waals surface area contributed by atoms with E-state index in [0.717, 1.165) is 5.57 Å². The Balaban J connectivity index is 2.54. The van der Waals surface area contributed by atoms with Gasteiger partial charge in [-0.3, -0.25) is 0 Å². The fraction of sp³-hybridized carbons (Fsp3) is 0.750. The predicted octanol–water partition coefficient (Wildman–Crippen LogP) is 0.685. The molecule has 1 aliphatic rings. The van der Waals surface area contributed by atoms with Gasteiger partial charge in [0.15, 0.2) is 6.29 Å². The topological polar surface area (TPSA) is 38.7 Å². The Kier molecular flexibility index (Phi) is 2.65. The minimum absolute atomic E-state index is 0.207. The van der Waals surface area contributed by atoms with Crippen LogP contribution in [-0.2, 0) is 9.47 Å². The number of hydrogen-bond donors (Lipinski definition) is 1. The third-order valence-electron chi connectivity index (χ3n) is 1.92. The second-order valence-corrected chi connectivity index (χ2v) is 2.81. The van der Waals surface area contributed by atoms with Crippen LogP contribution in [0, 0.1) is 0 Å². The molecule has 0 radical (unpaired) electrons. The molecule has 64 valence electrons. The van der Waals surface area contributed by atoms with Crippen LogP contribution < -0.4 is 0 Å². The minimum atomic E-state index is -0.540. The summed E-state index contributed by atoms with van der Waals surface area (Å²) in [6, 6.07) is 0. The van der Waals surface area contributed by atoms with Crippen LogP contribution >= 0.6 is 0 Å². The van der Waals surface area contributed by atoms with E-state index < -0.39 is 6.10 Å². The summed E-state index contributed by atoms with van der Waals surface area (Å²) in [5.41, 5.74) is 0.788. The van der Waals surface area contributed by atoms with E-state index in [4.69, 9.17) is 9.47 Å². The lowest BCUT2D eigenvalue weighted by molar-refractivity contribution is -0.188. The van der Waals surface area contributed by atoms with Gasteiger partial charge < -0.3 is 14.6 Å². The van der Waals surface area contributed by atoms with Gasteiger partial charge in [0, 0.05) is 13.5 Å². The van der Waals surface area contributed by atoms with Crippen molar-refractivity contribution in [3.05, 3.63) is 12.2 Å². The van der Waals surface area contributed by atoms with Crippen molar-refractivity contribution >= 4 is 0 Å². The Morgan fingerprint density at radius 2 is 2.36 bits per heavy atom. The molecule has 1 saturated heterocycles. The van der Waals surface area contributed by atoms with Crippen LogP contribution in [0.2, 0.25) is 0 Å². The van der Waals surface area contributed by atoms with Crippen LogP contribution in [0.5, 0.6) is 0 Å². The molecule has 0 aromatic rings. The van der Waals surface area contributed by atoms with Crippen LogP contribution in [0.1, 0.15) is 13.3 Å². The van der Waals surface area contributed by atoms with Crippen molar-refractivity contribution < 1.29 is 14.6 Å². The zero-order chi connectivity index (χ0) is 8.43. The van der Waals surface area contributed by atoms with Gasteiger partial charge in [0.05, 0.1) is 6.10 Å². The number of ether oxygens (including phenoxy) is 2. The van der Waals surface area contributed by atoms with Crippen molar-refractivity contribution in [3.8, 4) is 0 Å². The van der Waals surface area contributed by atoms with Crippen LogP contribution in [0.15, 0.2) is 12.2 Å². The Labute approximate surface area is 66.6 Å². The molecule has 0 aromatic carbocycles. The highest BCUT2D eigenvalue weighted by Crippen LogP contribution is 2.23. The molecule has 0 amide bonds. The first-order chi connectivity index (χ1) is 5.15. The molecule has 0 aliphatic carbocycles. The van der Waals surface area contributed by atoms with Gasteiger partial charge in [0.2, 0.25) is 0 Å². The van der Waals surface area contributed by atoms with Crippen molar-refractivity contribution in [1.82, 2.24) is 0 Å². The van der Waals surface area contributed by atoms with Gasteiger partial charge in [-0.25, -0.2) is 0 Å². The van der Waals surface area contributed by atoms with Gasteiger partial charge in [-0.1, -0.05) is 6.58 Å². The molecular formula is C8H14O3. The molecular weight excluding hydrogens is 144 g/mol. The van der Waals surface area contributed by atoms with E-state index in [1.807, 2.05) is 0 Å². The van der Waals surface area contributed by atoms with Crippen LogP contribution in [-0.4, -0.2) is 30.7 Å². The largest absolute Gasteiger partial charge is 0.386 e. The molecule has 1 heterocycles. The highest BCUT2D eigenvalue weighted by Gasteiger charge is 2.28. The van der Waals surface area contributed by atoms with Crippen molar-refractivity contribution in [3.63, 3.8) is 0 Å². The van der Waals surface area contributed by atoms with Gasteiger partial charge in [0.25, 0.3) is 0 Å². The molecule has 0 saturated carbocycles. The van der Waals surface area contributed by atoms with Crippen molar-refractivity contribution in [2.45, 2.75) is 31.8 Å². The lowest BCUT2D eigenvalue weighted by Crippen LogP contribution is -2.39. The summed E-state index contributed by atoms with van der Waals surface area (Å²) in [7, 11) is 1.59. The van der Waals surface area contributed by atoms with Crippen molar-refractivity contribution in [2.75, 3.05) is 7.11 Å². The van der Waals surface area contributed by atoms with Crippen LogP contribution in [0.25, 0.3) is 0 Å². The number of hydrogen-bond acceptors (Lipinski definition) is 3. The summed E-state index contributed by atoms with van der Waals surface area (Å²) in [6.07, 6.45) is -0.398. The quantitative estimate of drug-likeness (QED) is 0.570. The standard InChI is InChI=1S/C8H14O3/c1-5-4-7(10-3)11-6(2)8(5)9/h6-9H,1,4H2,2-3H3/t6-,7+,8+/m0/s1. The Morgan fingerprint density at radius 1 is 1.73 bits per heavy atom. The van der Waals surface area contributed by atoms with Crippen molar-refractivity contribution in [1.29, 1.82) is 0 Å². The van der Waals surface area contributed by atoms with E-state index in [2.05, 4.69) is 6.58 Å². The molecule has 0 spiro atoms. The summed E-state index contributed by atoms with van der Waals surface area (Å²) in [5, 5.41) is 9.38. The van der Waals surface area contributed by atoms with Gasteiger partial charge in [-0.05, 0) is 12.5 Å². The molecule has 11 heavy (non-hydrogen) atoms. The summed E-state index contributed by atoms with van der Waals surface area (Å²) in [6.45, 7) is 5.54. The Morgan fingerprint density at radius 3 is 2.82 bits per heavy atom. The molecule has 1 fully saturated rings. The monoisotopic (exact) mass is 158 g/mol. The van der Waals surface area contributed by atoms with E-state index in [9.17, 15) is 5.11 Å². The van der Waals surface area contributed by atoms with E-state index in [-0.39, 0.29) is 12.4 Å². The zero-order valence-electron chi connectivity index (χ0n) is 6.91. The number of methoxy groups -OCH3 is 1. The highest BCUT2D eigenvalue weighted by atomic mass is 16.7. The summed E-state index contributed by atoms with van der Waals surface area (Å²) >= 11 is 0. The second kappa shape index (κ2) is 3.34. The molecule has 0 aromatic heterocycles. The first-order valence-corrected chi connectivity index (χ1v) is 3.69. The highest BCUT2D eigenvalue weighted by molar-refractivity contribution is 5.07. The molecule has 1 N–H and O–H groups in total. The molecule has 0 bridgehead atoms. The number of rotatable bonds is 1. The molecule has 3 atom stereocenters. The van der Waals surface area contributed by atoms with Gasteiger partial charge in [-0.2, -0.15) is 0 Å². The predicted molar refractivity (Wildman–Crippen MR) is 41.1 cm³/mol. The first kappa shape index (κ1) is 8.71. The third-order valence-corrected chi connectivity index (χ3v) is 1.92. The molecule has 1 aliphatic heterocycles. The zero-order valence-corrected chi connectivity index (χ0v) is 6.91. The molecule has 1 rings (SSSR count). The van der Waals surface area contributed by atoms with E-state index in [1.165, 1.54) is 0 Å². The average Bonchev–Trinajstić information content (AvgIpc) is 1.99. The van der Waals surface area contributed by atoms with Gasteiger partial charge in [0.1, 0.15) is 6.10 Å². The molecule has 3 heteroatoms. The maximum absolute atomic E-state index is 9.38. The molecule has 3 nitrogen and oxygen atoms in total. The van der Waals surface area contributed by atoms with Crippen LogP contribution in [0.4, 0.5) is 0 Å². The van der Waals surface area contributed by atoms with E-state index >= 15 is 0 Å². The summed E-state index contributed by atoms with van der Waals surface area (Å²) in [4.78, 5) is 0. The summed E-state index contributed by atoms with van der Waals surface area (Å²) in [5.74, 6) is 0. The molecule has 0 unspecified atom stereocenters. The fourth-order valence-electron chi connectivity index (χ4n) is 1.17. The Bertz CT molecular complexity index is 155. The maximum Gasteiger partial charge on any atom is 0.161 e. The first-order valence-electron chi connectivity index (χ1n) is 3.69. The second-order valence-electron chi connectivity index (χ2n) is 2.81. The van der Waals surface area contributed by atoms with Gasteiger partial charge in [-0.15, -0.1) is 0 Å². The number of aliphatic hydroxyl groups is 1. The van der Waals surface area contributed by atoms with E-state index in [0.29, 0.717) is 6.42 Å². The third kappa shape index (κ3) is 1.80. The lowest BCUT2D eigenvalue weighted by atomic mass is 10.0. The SMILES string of the molecule is C=C1C[C@H](OC)O[C@@H](C)[C@@H]1O. The Hall–Kier alpha value is -0.380. The summed E-state index contributed by atoms with van der Waals surface area (Å²) < 4.78 is 10.3. The normalized spacial score (nSPS) is 39.2. The van der Waals surface area contributed by atoms with Crippen LogP contribution in [0.3, 0.4) is 0 Å². The smallest absolute Gasteiger partial charge is 0.161 e.